The third-order valence-corrected chi connectivity index (χ3v) is 32.3. The van der Waals surface area contributed by atoms with Crippen molar-refractivity contribution >= 4 is 77.1 Å². The van der Waals surface area contributed by atoms with Gasteiger partial charge in [0.15, 0.2) is 0 Å². The molecule has 4 aromatic carbocycles. The van der Waals surface area contributed by atoms with E-state index in [0.29, 0.717) is 22.1 Å². The fraction of sp³-hybridized carbons (Fsp3) is 0.436. The van der Waals surface area contributed by atoms with Gasteiger partial charge in [-0.15, -0.1) is 0 Å². The van der Waals surface area contributed by atoms with Gasteiger partial charge in [-0.05, 0) is 30.0 Å². The van der Waals surface area contributed by atoms with Crippen molar-refractivity contribution in [1.29, 1.82) is 0 Å². The van der Waals surface area contributed by atoms with Crippen LogP contribution in [0.5, 0.6) is 5.75 Å². The fourth-order valence-electron chi connectivity index (χ4n) is 11.4. The van der Waals surface area contributed by atoms with Gasteiger partial charge in [-0.25, -0.2) is 17.2 Å². The molecule has 13 nitrogen and oxygen atoms in total. The first kappa shape index (κ1) is 56.1. The minimum atomic E-state index is -4.11. The molecule has 0 radical (unpaired) electrons. The summed E-state index contributed by atoms with van der Waals surface area (Å²) < 4.78 is 132. The number of hydrogen-bond acceptors (Lipinski definition) is 8. The molecule has 77 heavy (non-hydrogen) atoms. The standard InChI is InChI=1S/C43H34ClF6N8O5S.3C4H9.Sn/c1-55-37-32(13-12-29(44)35(37)41(54-55)57(64(3,61)62)19-21-8-10-25(63-2)11-9-21)58-40(52-30-7-5-4-6-26(30)42(58)60)31(16-22-14-23(45)17-24(46)15-22)51-33(59)20-56-38-34(36(53-56)39(47)48)27-18-28(27)43(38,49)50;3*1-3-4-2;/h4,6-15,17,27-28,31,39H,16,18-20H2,1-3H3,(H,51,59);3*1,3-4H2,2H3;/t27-,28+,31-;;;;/m0..../s1. The SMILES string of the molecule is CCC[CH2][Sn]([CH2]CCC)([CH2]CCC)[c]1ccc2c(=O)n(-c3ccc(Cl)c4c(N(Cc5ccc(OC)cc5)S(C)(=O)=O)nn(C)c34)c([C@H](Cc3cc(F)cc(F)c3)NC(=O)Cn3nc(C(F)F)c4c3C(F)(F)[C@@H]3C[C@H]43)nc2c1. The Morgan fingerprint density at radius 3 is 2.17 bits per heavy atom. The number of sulfonamides is 1. The van der Waals surface area contributed by atoms with Gasteiger partial charge in [-0.3, -0.25) is 0 Å². The van der Waals surface area contributed by atoms with Crippen LogP contribution < -0.4 is 23.5 Å². The number of carbonyl (C=O) groups is 1. The molecule has 2 aliphatic rings. The fourth-order valence-corrected chi connectivity index (χ4v) is 28.4. The summed E-state index contributed by atoms with van der Waals surface area (Å²) in [6.45, 7) is 5.34. The van der Waals surface area contributed by atoms with E-state index in [4.69, 9.17) is 26.4 Å². The Labute approximate surface area is 451 Å². The number of anilines is 1. The minimum absolute atomic E-state index is 0.00251. The van der Waals surface area contributed by atoms with E-state index in [9.17, 15) is 22.0 Å². The first-order chi connectivity index (χ1) is 36.6. The summed E-state index contributed by atoms with van der Waals surface area (Å²) in [7, 11) is -1.07. The molecule has 2 aliphatic carbocycles. The number of ether oxygens (including phenoxy) is 1. The van der Waals surface area contributed by atoms with Gasteiger partial charge in [0.2, 0.25) is 0 Å². The molecule has 3 aromatic heterocycles. The van der Waals surface area contributed by atoms with Gasteiger partial charge in [0.25, 0.3) is 6.43 Å². The van der Waals surface area contributed by atoms with Crippen LogP contribution in [0.1, 0.15) is 118 Å². The van der Waals surface area contributed by atoms with E-state index in [1.54, 1.807) is 30.3 Å². The van der Waals surface area contributed by atoms with Crippen molar-refractivity contribution < 1.29 is 44.3 Å². The van der Waals surface area contributed by atoms with Crippen LogP contribution in [-0.2, 0) is 47.3 Å². The number of methoxy groups -OCH3 is 1. The molecular formula is C55H61ClF6N8O5SSn. The van der Waals surface area contributed by atoms with Crippen LogP contribution in [0.15, 0.2) is 77.6 Å². The third-order valence-electron chi connectivity index (χ3n) is 15.3. The number of nitrogens with one attached hydrogen (secondary N) is 1. The van der Waals surface area contributed by atoms with Crippen molar-refractivity contribution in [2.24, 2.45) is 13.0 Å². The molecule has 0 bridgehead atoms. The van der Waals surface area contributed by atoms with Crippen LogP contribution in [0.25, 0.3) is 27.5 Å². The predicted octanol–water partition coefficient (Wildman–Crippen LogP) is 11.7. The van der Waals surface area contributed by atoms with E-state index in [0.717, 1.165) is 78.1 Å². The molecule has 0 saturated heterocycles. The molecule has 3 atom stereocenters. The Balaban J connectivity index is 1.28. The number of nitrogens with zero attached hydrogens (tertiary/aromatic N) is 7. The monoisotopic (exact) mass is 1210 g/mol. The molecule has 1 amide bonds. The van der Waals surface area contributed by atoms with E-state index < -0.39 is 106 Å². The Morgan fingerprint density at radius 1 is 0.922 bits per heavy atom. The van der Waals surface area contributed by atoms with E-state index in [2.05, 4.69) is 31.2 Å². The number of unbranched alkanes of at least 4 members (excludes halogenated alkanes) is 3. The molecule has 3 heterocycles. The Kier molecular flexibility index (Phi) is 16.2. The topological polar surface area (TPSA) is 146 Å². The van der Waals surface area contributed by atoms with E-state index in [1.165, 1.54) is 35.5 Å². The molecule has 0 aliphatic heterocycles. The van der Waals surface area contributed by atoms with Gasteiger partial charge in [-0.1, -0.05) is 12.1 Å². The zero-order chi connectivity index (χ0) is 55.3. The van der Waals surface area contributed by atoms with Crippen molar-refractivity contribution in [3.8, 4) is 11.4 Å². The first-order valence-electron chi connectivity index (χ1n) is 26.0. The van der Waals surface area contributed by atoms with Crippen molar-refractivity contribution in [2.75, 3.05) is 17.7 Å². The maximum absolute atomic E-state index is 15.8. The maximum atomic E-state index is 15.8. The van der Waals surface area contributed by atoms with Crippen LogP contribution in [0.2, 0.25) is 18.3 Å². The van der Waals surface area contributed by atoms with Crippen LogP contribution in [-0.4, -0.2) is 75.2 Å². The molecule has 7 aromatic rings. The third kappa shape index (κ3) is 11.0. The van der Waals surface area contributed by atoms with Crippen LogP contribution in [0.4, 0.5) is 32.2 Å². The summed E-state index contributed by atoms with van der Waals surface area (Å²) in [5, 5.41) is 11.7. The number of benzene rings is 4. The normalized spacial score (nSPS) is 16.3. The van der Waals surface area contributed by atoms with Gasteiger partial charge < -0.3 is 4.74 Å². The van der Waals surface area contributed by atoms with Crippen LogP contribution in [0, 0.1) is 17.6 Å². The number of rotatable bonds is 23. The number of carbonyl (C=O) groups excluding carboxylic acids is 1. The van der Waals surface area contributed by atoms with Crippen molar-refractivity contribution in [3.05, 3.63) is 134 Å². The zero-order valence-electron chi connectivity index (χ0n) is 43.7. The summed E-state index contributed by atoms with van der Waals surface area (Å²) in [5.41, 5.74) is -1.43. The quantitative estimate of drug-likeness (QED) is 0.0492. The average molecular weight is 1210 g/mol. The molecule has 0 unspecified atom stereocenters. The van der Waals surface area contributed by atoms with Gasteiger partial charge >= 0.3 is 350 Å². The molecular weight excluding hydrogens is 1150 g/mol. The summed E-state index contributed by atoms with van der Waals surface area (Å²) in [4.78, 5) is 35.6. The number of hydrogen-bond donors (Lipinski definition) is 1. The molecule has 410 valence electrons. The summed E-state index contributed by atoms with van der Waals surface area (Å²) >= 11 is 3.73. The average Bonchev–Trinajstić information content (AvgIpc) is 4.03. The van der Waals surface area contributed by atoms with E-state index in [-0.39, 0.29) is 68.3 Å². The van der Waals surface area contributed by atoms with E-state index in [1.807, 2.05) is 12.1 Å². The Morgan fingerprint density at radius 2 is 1.57 bits per heavy atom. The van der Waals surface area contributed by atoms with Gasteiger partial charge in [-0.2, -0.15) is 8.78 Å². The molecule has 0 spiro atoms. The first-order valence-corrected chi connectivity index (χ1v) is 35.7. The predicted molar refractivity (Wildman–Crippen MR) is 288 cm³/mol. The molecule has 1 fully saturated rings. The van der Waals surface area contributed by atoms with Crippen molar-refractivity contribution in [1.82, 2.24) is 34.4 Å². The number of amides is 1. The van der Waals surface area contributed by atoms with Gasteiger partial charge in [0.05, 0.1) is 13.4 Å². The van der Waals surface area contributed by atoms with Gasteiger partial charge in [0, 0.05) is 5.92 Å². The second-order valence-corrected chi connectivity index (χ2v) is 36.1. The number of halogens is 7. The second kappa shape index (κ2) is 22.3. The Hall–Kier alpha value is -5.61. The summed E-state index contributed by atoms with van der Waals surface area (Å²) in [6, 6.07) is 16.7. The summed E-state index contributed by atoms with van der Waals surface area (Å²) in [5.74, 6) is -8.20. The summed E-state index contributed by atoms with van der Waals surface area (Å²) in [6.07, 6.45) is 3.47. The second-order valence-electron chi connectivity index (χ2n) is 20.6. The number of aryl methyl sites for hydroxylation is 1. The number of alkyl halides is 4. The van der Waals surface area contributed by atoms with Crippen LogP contribution in [0.3, 0.4) is 0 Å². The molecule has 1 N–H and O–H groups in total. The molecule has 9 rings (SSSR count). The van der Waals surface area contributed by atoms with Crippen molar-refractivity contribution in [3.63, 3.8) is 0 Å². The van der Waals surface area contributed by atoms with E-state index >= 15 is 22.4 Å². The molecule has 1 saturated carbocycles. The Bertz CT molecular complexity index is 3520. The number of fused-ring (bicyclic) bond motifs is 5. The van der Waals surface area contributed by atoms with Crippen molar-refractivity contribution in [2.45, 2.75) is 123 Å². The number of aromatic nitrogens is 6. The van der Waals surface area contributed by atoms with Crippen LogP contribution >= 0.6 is 11.6 Å². The zero-order valence-corrected chi connectivity index (χ0v) is 48.1. The van der Waals surface area contributed by atoms with Gasteiger partial charge in [0.1, 0.15) is 5.75 Å². The molecule has 22 heteroatoms.